The fourth-order valence-corrected chi connectivity index (χ4v) is 9.65. The van der Waals surface area contributed by atoms with E-state index in [0.717, 1.165) is 11.6 Å². The Morgan fingerprint density at radius 1 is 1.08 bits per heavy atom. The van der Waals surface area contributed by atoms with Gasteiger partial charge in [0.25, 0.3) is 5.91 Å². The van der Waals surface area contributed by atoms with E-state index in [1.165, 1.54) is 12.1 Å². The number of nitrogens with one attached hydrogen (secondary N) is 1. The van der Waals surface area contributed by atoms with E-state index in [1.807, 2.05) is 65.1 Å². The zero-order valence-electron chi connectivity index (χ0n) is 27.9. The molecule has 3 aromatic carbocycles. The van der Waals surface area contributed by atoms with E-state index in [4.69, 9.17) is 16.4 Å². The van der Waals surface area contributed by atoms with Gasteiger partial charge in [0.05, 0.1) is 27.4 Å². The van der Waals surface area contributed by atoms with Crippen LogP contribution in [-0.4, -0.2) is 49.0 Å². The summed E-state index contributed by atoms with van der Waals surface area (Å²) in [7, 11) is -2.26. The number of sulfone groups is 1. The third-order valence-corrected chi connectivity index (χ3v) is 12.8. The summed E-state index contributed by atoms with van der Waals surface area (Å²) in [5.41, 5.74) is -0.516. The first-order chi connectivity index (χ1) is 22.6. The van der Waals surface area contributed by atoms with Gasteiger partial charge in [-0.25, -0.2) is 21.6 Å². The van der Waals surface area contributed by atoms with Gasteiger partial charge in [-0.1, -0.05) is 69.6 Å². The summed E-state index contributed by atoms with van der Waals surface area (Å²) in [6.45, 7) is 8.71. The predicted octanol–water partition coefficient (Wildman–Crippen LogP) is 8.07. The fraction of sp³-hybridized carbons (Fsp3) is 0.472. The van der Waals surface area contributed by atoms with Gasteiger partial charge in [0.2, 0.25) is 0 Å². The van der Waals surface area contributed by atoms with Crippen LogP contribution in [0.3, 0.4) is 0 Å². The minimum absolute atomic E-state index is 0.0465. The molecule has 4 rings (SSSR count). The van der Waals surface area contributed by atoms with Crippen molar-refractivity contribution in [1.29, 1.82) is 0 Å². The van der Waals surface area contributed by atoms with Gasteiger partial charge >= 0.3 is 0 Å². The number of hydrogen-bond donors (Lipinski definition) is 2. The number of benzene rings is 3. The molecular formula is C36H44ClF3N2O5S. The van der Waals surface area contributed by atoms with Crippen LogP contribution in [0.1, 0.15) is 69.3 Å². The molecule has 3 aromatic rings. The average Bonchev–Trinajstić information content (AvgIpc) is 3.42. The highest BCUT2D eigenvalue weighted by molar-refractivity contribution is 7.92. The summed E-state index contributed by atoms with van der Waals surface area (Å²) in [6.07, 6.45) is 1.88. The number of carbonyl (C=O) groups is 1. The Kier molecular flexibility index (Phi) is 12.4. The molecule has 0 aromatic heterocycles. The Bertz CT molecular complexity index is 1670. The van der Waals surface area contributed by atoms with E-state index < -0.39 is 44.0 Å². The highest BCUT2D eigenvalue weighted by Crippen LogP contribution is 2.46. The third kappa shape index (κ3) is 8.60. The molecule has 1 amide bonds. The second-order valence-corrected chi connectivity index (χ2v) is 15.7. The van der Waals surface area contributed by atoms with Gasteiger partial charge in [0.15, 0.2) is 27.3 Å². The maximum Gasteiger partial charge on any atom is 0.255 e. The number of halogens is 4. The molecule has 4 unspecified atom stereocenters. The summed E-state index contributed by atoms with van der Waals surface area (Å²) in [4.78, 5) is 18.7. The Balaban J connectivity index is 1.50. The van der Waals surface area contributed by atoms with Crippen molar-refractivity contribution in [3.05, 3.63) is 94.3 Å². The number of carbonyl (C=O) groups excluding carboxylic acids is 1. The van der Waals surface area contributed by atoms with Crippen molar-refractivity contribution in [2.75, 3.05) is 19.0 Å². The molecule has 7 nitrogen and oxygen atoms in total. The molecule has 1 aliphatic carbocycles. The molecule has 48 heavy (non-hydrogen) atoms. The summed E-state index contributed by atoms with van der Waals surface area (Å²) in [5.74, 6) is -6.39. The van der Waals surface area contributed by atoms with E-state index in [9.17, 15) is 31.5 Å². The summed E-state index contributed by atoms with van der Waals surface area (Å²) in [6, 6.07) is 14.9. The molecule has 1 saturated carbocycles. The number of hydroxylamine groups is 2. The largest absolute Gasteiger partial charge is 0.390 e. The molecule has 0 heterocycles. The zero-order chi connectivity index (χ0) is 35.4. The minimum atomic E-state index is -4.12. The molecule has 0 spiro atoms. The van der Waals surface area contributed by atoms with Crippen LogP contribution < -0.4 is 5.32 Å². The molecule has 2 N–H and O–H groups in total. The average molecular weight is 709 g/mol. The minimum Gasteiger partial charge on any atom is -0.390 e. The summed E-state index contributed by atoms with van der Waals surface area (Å²) in [5, 5.41) is 15.1. The van der Waals surface area contributed by atoms with Crippen LogP contribution in [0.4, 0.5) is 18.9 Å². The fourth-order valence-electron chi connectivity index (χ4n) is 6.80. The number of anilines is 1. The molecule has 6 atom stereocenters. The van der Waals surface area contributed by atoms with Crippen molar-refractivity contribution in [2.45, 2.75) is 75.7 Å². The van der Waals surface area contributed by atoms with Gasteiger partial charge in [-0.15, -0.1) is 0 Å². The van der Waals surface area contributed by atoms with Gasteiger partial charge in [0.1, 0.15) is 0 Å². The Morgan fingerprint density at radius 2 is 1.73 bits per heavy atom. The molecule has 1 aliphatic rings. The van der Waals surface area contributed by atoms with Crippen molar-refractivity contribution < 1.29 is 36.3 Å². The maximum atomic E-state index is 14.3. The normalized spacial score (nSPS) is 20.8. The lowest BCUT2D eigenvalue weighted by atomic mass is 9.73. The second-order valence-electron chi connectivity index (χ2n) is 13.2. The maximum absolute atomic E-state index is 14.3. The standard InChI is InChI=1S/C36H44ClF3N2O5S/c1-6-36(44,24(4)23(3)21-47-42(5)20-25-10-8-7-9-11-25)19-27-13-12-22(2)34(27)48(45,46)32-16-26(14-15-29(32)37)35(43)41-28-17-30(38)33(40)31(39)18-28/h7-11,14-18,22-24,27,34,44H,6,12-13,19-21H2,1-5H3,(H,41,43)/t22?,23?,24?,27-,34?,36-/m0/s1. The summed E-state index contributed by atoms with van der Waals surface area (Å²) < 4.78 is 69.3. The van der Waals surface area contributed by atoms with E-state index in [0.29, 0.717) is 44.5 Å². The Morgan fingerprint density at radius 3 is 2.35 bits per heavy atom. The molecule has 0 radical (unpaired) electrons. The Labute approximate surface area is 286 Å². The smallest absolute Gasteiger partial charge is 0.255 e. The Hall–Kier alpha value is -2.96. The van der Waals surface area contributed by atoms with Crippen molar-refractivity contribution >= 4 is 33.0 Å². The van der Waals surface area contributed by atoms with Crippen molar-refractivity contribution in [2.24, 2.45) is 23.7 Å². The number of rotatable bonds is 14. The molecule has 262 valence electrons. The lowest BCUT2D eigenvalue weighted by molar-refractivity contribution is -0.170. The molecule has 0 saturated heterocycles. The van der Waals surface area contributed by atoms with Crippen LogP contribution in [0, 0.1) is 41.1 Å². The quantitative estimate of drug-likeness (QED) is 0.130. The topological polar surface area (TPSA) is 95.9 Å². The van der Waals surface area contributed by atoms with E-state index in [1.54, 1.807) is 5.06 Å². The van der Waals surface area contributed by atoms with Gasteiger partial charge in [-0.3, -0.25) is 9.63 Å². The number of nitrogens with zero attached hydrogens (tertiary/aromatic N) is 1. The molecule has 1 fully saturated rings. The first kappa shape index (κ1) is 37.9. The van der Waals surface area contributed by atoms with Crippen molar-refractivity contribution in [1.82, 2.24) is 5.06 Å². The SMILES string of the molecule is CC[C@](O)(C[C@@H]1CCC(C)C1S(=O)(=O)c1cc(C(=O)Nc2cc(F)c(F)c(F)c2)ccc1Cl)C(C)C(C)CON(C)Cc1ccccc1. The predicted molar refractivity (Wildman–Crippen MR) is 181 cm³/mol. The number of aliphatic hydroxyl groups is 1. The highest BCUT2D eigenvalue weighted by atomic mass is 35.5. The van der Waals surface area contributed by atoms with Crippen LogP contribution in [-0.2, 0) is 21.2 Å². The number of hydrogen-bond acceptors (Lipinski definition) is 6. The van der Waals surface area contributed by atoms with Crippen LogP contribution in [0.25, 0.3) is 0 Å². The van der Waals surface area contributed by atoms with Crippen LogP contribution in [0.5, 0.6) is 0 Å². The zero-order valence-corrected chi connectivity index (χ0v) is 29.4. The summed E-state index contributed by atoms with van der Waals surface area (Å²) >= 11 is 6.42. The van der Waals surface area contributed by atoms with Crippen molar-refractivity contribution in [3.8, 4) is 0 Å². The van der Waals surface area contributed by atoms with Gasteiger partial charge in [0, 0.05) is 37.0 Å². The third-order valence-electron chi connectivity index (χ3n) is 9.85. The lowest BCUT2D eigenvalue weighted by Gasteiger charge is -2.40. The monoisotopic (exact) mass is 708 g/mol. The molecule has 0 bridgehead atoms. The van der Waals surface area contributed by atoms with Crippen LogP contribution in [0.15, 0.2) is 65.6 Å². The van der Waals surface area contributed by atoms with E-state index in [2.05, 4.69) is 5.32 Å². The molecule has 0 aliphatic heterocycles. The first-order valence-corrected chi connectivity index (χ1v) is 18.1. The van der Waals surface area contributed by atoms with Crippen LogP contribution >= 0.6 is 11.6 Å². The van der Waals surface area contributed by atoms with Crippen molar-refractivity contribution in [3.63, 3.8) is 0 Å². The van der Waals surface area contributed by atoms with E-state index >= 15 is 0 Å². The first-order valence-electron chi connectivity index (χ1n) is 16.2. The van der Waals surface area contributed by atoms with Gasteiger partial charge < -0.3 is 10.4 Å². The lowest BCUT2D eigenvalue weighted by Crippen LogP contribution is -2.44. The number of amides is 1. The van der Waals surface area contributed by atoms with Gasteiger partial charge in [-0.05, 0) is 73.1 Å². The van der Waals surface area contributed by atoms with Gasteiger partial charge in [-0.2, -0.15) is 5.06 Å². The van der Waals surface area contributed by atoms with Crippen LogP contribution in [0.2, 0.25) is 5.02 Å². The molecular weight excluding hydrogens is 665 g/mol. The highest BCUT2D eigenvalue weighted by Gasteiger charge is 2.48. The van der Waals surface area contributed by atoms with E-state index in [-0.39, 0.29) is 51.3 Å². The second kappa shape index (κ2) is 15.7. The molecule has 12 heteroatoms.